The van der Waals surface area contributed by atoms with Crippen LogP contribution in [0.15, 0.2) is 36.5 Å². The van der Waals surface area contributed by atoms with Gasteiger partial charge >= 0.3 is 0 Å². The van der Waals surface area contributed by atoms with Gasteiger partial charge in [-0.05, 0) is 12.8 Å². The lowest BCUT2D eigenvalue weighted by atomic mass is 10.1. The third-order valence-electron chi connectivity index (χ3n) is 2.87. The molecule has 104 valence electrons. The normalized spacial score (nSPS) is 10.6. The van der Waals surface area contributed by atoms with Crippen LogP contribution in [-0.4, -0.2) is 15.9 Å². The molecule has 1 N–H and O–H groups in total. The highest BCUT2D eigenvalue weighted by molar-refractivity contribution is 5.90. The molecule has 0 unspecified atom stereocenters. The molecule has 0 aliphatic heterocycles. The summed E-state index contributed by atoms with van der Waals surface area (Å²) >= 11 is 0. The number of hydrogen-bond donors (Lipinski definition) is 1. The first-order valence-corrected chi connectivity index (χ1v) is 6.75. The van der Waals surface area contributed by atoms with Crippen molar-refractivity contribution in [3.05, 3.63) is 42.2 Å². The lowest BCUT2D eigenvalue weighted by Crippen LogP contribution is -2.16. The summed E-state index contributed by atoms with van der Waals surface area (Å²) in [5, 5.41) is 2.81. The van der Waals surface area contributed by atoms with E-state index >= 15 is 0 Å². The molecular formula is C16H19N3O. The SMILES string of the molecule is Cc1nc(-c2ccccc2)cnc1NC(=O)CC(C)C. The van der Waals surface area contributed by atoms with Crippen LogP contribution in [0.4, 0.5) is 5.82 Å². The second-order valence-corrected chi connectivity index (χ2v) is 5.20. The lowest BCUT2D eigenvalue weighted by Gasteiger charge is -2.09. The number of amides is 1. The van der Waals surface area contributed by atoms with E-state index in [1.165, 1.54) is 0 Å². The van der Waals surface area contributed by atoms with Gasteiger partial charge in [0.05, 0.1) is 17.6 Å². The minimum Gasteiger partial charge on any atom is -0.309 e. The predicted molar refractivity (Wildman–Crippen MR) is 80.3 cm³/mol. The Kier molecular flexibility index (Phi) is 4.45. The van der Waals surface area contributed by atoms with Crippen LogP contribution in [0.2, 0.25) is 0 Å². The fourth-order valence-corrected chi connectivity index (χ4v) is 1.91. The molecule has 1 amide bonds. The lowest BCUT2D eigenvalue weighted by molar-refractivity contribution is -0.116. The third kappa shape index (κ3) is 3.63. The average Bonchev–Trinajstić information content (AvgIpc) is 2.41. The van der Waals surface area contributed by atoms with Gasteiger partial charge in [0, 0.05) is 12.0 Å². The van der Waals surface area contributed by atoms with Crippen LogP contribution in [0.1, 0.15) is 26.0 Å². The van der Waals surface area contributed by atoms with E-state index in [9.17, 15) is 4.79 Å². The summed E-state index contributed by atoms with van der Waals surface area (Å²) in [7, 11) is 0. The molecule has 4 heteroatoms. The van der Waals surface area contributed by atoms with Crippen LogP contribution >= 0.6 is 0 Å². The van der Waals surface area contributed by atoms with Gasteiger partial charge in [0.25, 0.3) is 0 Å². The number of benzene rings is 1. The Bertz CT molecular complexity index is 594. The highest BCUT2D eigenvalue weighted by atomic mass is 16.1. The van der Waals surface area contributed by atoms with Crippen molar-refractivity contribution in [1.29, 1.82) is 0 Å². The number of nitrogens with one attached hydrogen (secondary N) is 1. The molecule has 0 aliphatic rings. The maximum atomic E-state index is 11.8. The summed E-state index contributed by atoms with van der Waals surface area (Å²) in [6.45, 7) is 5.87. The van der Waals surface area contributed by atoms with Crippen LogP contribution < -0.4 is 5.32 Å². The first-order valence-electron chi connectivity index (χ1n) is 6.75. The number of carbonyl (C=O) groups excluding carboxylic acids is 1. The van der Waals surface area contributed by atoms with Crippen molar-refractivity contribution in [2.24, 2.45) is 5.92 Å². The summed E-state index contributed by atoms with van der Waals surface area (Å²) in [6, 6.07) is 9.86. The van der Waals surface area contributed by atoms with Crippen LogP contribution in [0.3, 0.4) is 0 Å². The van der Waals surface area contributed by atoms with Crippen molar-refractivity contribution in [3.63, 3.8) is 0 Å². The number of rotatable bonds is 4. The summed E-state index contributed by atoms with van der Waals surface area (Å²) < 4.78 is 0. The Morgan fingerprint density at radius 3 is 2.55 bits per heavy atom. The maximum Gasteiger partial charge on any atom is 0.225 e. The number of carbonyl (C=O) groups is 1. The summed E-state index contributed by atoms with van der Waals surface area (Å²) in [4.78, 5) is 20.6. The Hall–Kier alpha value is -2.23. The van der Waals surface area contributed by atoms with Gasteiger partial charge in [-0.25, -0.2) is 9.97 Å². The molecule has 0 bridgehead atoms. The Morgan fingerprint density at radius 1 is 1.25 bits per heavy atom. The molecule has 0 saturated carbocycles. The van der Waals surface area contributed by atoms with E-state index in [-0.39, 0.29) is 5.91 Å². The first-order chi connectivity index (χ1) is 9.56. The molecular weight excluding hydrogens is 250 g/mol. The second kappa shape index (κ2) is 6.28. The summed E-state index contributed by atoms with van der Waals surface area (Å²) in [6.07, 6.45) is 2.18. The molecule has 2 aromatic rings. The molecule has 0 aliphatic carbocycles. The minimum atomic E-state index is -0.0233. The van der Waals surface area contributed by atoms with Crippen molar-refractivity contribution in [1.82, 2.24) is 9.97 Å². The van der Waals surface area contributed by atoms with Crippen LogP contribution in [0.5, 0.6) is 0 Å². The highest BCUT2D eigenvalue weighted by Crippen LogP contribution is 2.19. The van der Waals surface area contributed by atoms with Crippen LogP contribution in [-0.2, 0) is 4.79 Å². The molecule has 0 saturated heterocycles. The molecule has 20 heavy (non-hydrogen) atoms. The zero-order chi connectivity index (χ0) is 14.5. The molecule has 0 radical (unpaired) electrons. The summed E-state index contributed by atoms with van der Waals surface area (Å²) in [5.74, 6) is 0.840. The molecule has 4 nitrogen and oxygen atoms in total. The summed E-state index contributed by atoms with van der Waals surface area (Å²) in [5.41, 5.74) is 2.55. The minimum absolute atomic E-state index is 0.0233. The second-order valence-electron chi connectivity index (χ2n) is 5.20. The van der Waals surface area contributed by atoms with Gasteiger partial charge in [-0.15, -0.1) is 0 Å². The smallest absolute Gasteiger partial charge is 0.225 e. The maximum absolute atomic E-state index is 11.8. The van der Waals surface area contributed by atoms with Gasteiger partial charge in [0.15, 0.2) is 5.82 Å². The van der Waals surface area contributed by atoms with Crippen LogP contribution in [0.25, 0.3) is 11.3 Å². The molecule has 0 atom stereocenters. The third-order valence-corrected chi connectivity index (χ3v) is 2.87. The van der Waals surface area contributed by atoms with Crippen molar-refractivity contribution < 1.29 is 4.79 Å². The first kappa shape index (κ1) is 14.2. The van der Waals surface area contributed by atoms with Crippen molar-refractivity contribution >= 4 is 11.7 Å². The van der Waals surface area contributed by atoms with E-state index in [0.717, 1.165) is 17.0 Å². The molecule has 0 fully saturated rings. The number of nitrogens with zero attached hydrogens (tertiary/aromatic N) is 2. The topological polar surface area (TPSA) is 54.9 Å². The van der Waals surface area contributed by atoms with Crippen molar-refractivity contribution in [2.45, 2.75) is 27.2 Å². The van der Waals surface area contributed by atoms with Gasteiger partial charge in [-0.1, -0.05) is 44.2 Å². The number of hydrogen-bond acceptors (Lipinski definition) is 3. The largest absolute Gasteiger partial charge is 0.309 e. The zero-order valence-corrected chi connectivity index (χ0v) is 12.1. The fourth-order valence-electron chi connectivity index (χ4n) is 1.91. The molecule has 0 spiro atoms. The zero-order valence-electron chi connectivity index (χ0n) is 12.1. The predicted octanol–water partition coefficient (Wildman–Crippen LogP) is 3.44. The van der Waals surface area contributed by atoms with E-state index < -0.39 is 0 Å². The van der Waals surface area contributed by atoms with E-state index in [0.29, 0.717) is 18.2 Å². The van der Waals surface area contributed by atoms with Crippen molar-refractivity contribution in [2.75, 3.05) is 5.32 Å². The highest BCUT2D eigenvalue weighted by Gasteiger charge is 2.10. The quantitative estimate of drug-likeness (QED) is 0.925. The Morgan fingerprint density at radius 2 is 1.95 bits per heavy atom. The fraction of sp³-hybridized carbons (Fsp3) is 0.312. The Balaban J connectivity index is 2.16. The Labute approximate surface area is 119 Å². The van der Waals surface area contributed by atoms with Gasteiger partial charge in [0.1, 0.15) is 0 Å². The standard InChI is InChI=1S/C16H19N3O/c1-11(2)9-15(20)19-16-12(3)18-14(10-17-16)13-7-5-4-6-8-13/h4-8,10-11H,9H2,1-3H3,(H,17,19,20). The molecule has 1 aromatic carbocycles. The van der Waals surface area contributed by atoms with Crippen molar-refractivity contribution in [3.8, 4) is 11.3 Å². The van der Waals surface area contributed by atoms with Gasteiger partial charge in [-0.3, -0.25) is 4.79 Å². The van der Waals surface area contributed by atoms with Gasteiger partial charge in [-0.2, -0.15) is 0 Å². The monoisotopic (exact) mass is 269 g/mol. The van der Waals surface area contributed by atoms with E-state index in [2.05, 4.69) is 15.3 Å². The average molecular weight is 269 g/mol. The van der Waals surface area contributed by atoms with Gasteiger partial charge < -0.3 is 5.32 Å². The van der Waals surface area contributed by atoms with E-state index in [1.807, 2.05) is 51.1 Å². The molecule has 1 heterocycles. The molecule has 1 aromatic heterocycles. The van der Waals surface area contributed by atoms with Crippen LogP contribution in [0, 0.1) is 12.8 Å². The van der Waals surface area contributed by atoms with E-state index in [4.69, 9.17) is 0 Å². The van der Waals surface area contributed by atoms with Gasteiger partial charge in [0.2, 0.25) is 5.91 Å². The number of aryl methyl sites for hydroxylation is 1. The molecule has 2 rings (SSSR count). The number of anilines is 1. The number of aromatic nitrogens is 2. The van der Waals surface area contributed by atoms with E-state index in [1.54, 1.807) is 6.20 Å².